The molecule has 4 N–H and O–H groups in total. The second-order valence-corrected chi connectivity index (χ2v) is 2.47. The topological polar surface area (TPSA) is 73.6 Å². The Morgan fingerprint density at radius 1 is 1.38 bits per heavy atom. The van der Waals surface area contributed by atoms with Gasteiger partial charge in [-0.25, -0.2) is 0 Å². The summed E-state index contributed by atoms with van der Waals surface area (Å²) in [4.78, 5) is 0. The van der Waals surface area contributed by atoms with E-state index in [-0.39, 0.29) is 0 Å². The highest BCUT2D eigenvalue weighted by Crippen LogP contribution is 2.11. The Hall–Kier alpha value is -1.71. The first-order valence-electron chi connectivity index (χ1n) is 4.04. The Labute approximate surface area is 77.2 Å². The maximum atomic E-state index is 5.50. The first-order chi connectivity index (χ1) is 6.27. The first kappa shape index (κ1) is 9.38. The van der Waals surface area contributed by atoms with Crippen LogP contribution >= 0.6 is 0 Å². The fourth-order valence-electron chi connectivity index (χ4n) is 0.963. The Morgan fingerprint density at radius 3 is 2.46 bits per heavy atom. The van der Waals surface area contributed by atoms with Gasteiger partial charge in [0.15, 0.2) is 0 Å². The summed E-state index contributed by atoms with van der Waals surface area (Å²) in [5, 5.41) is 3.39. The number of hydrogen-bond donors (Lipinski definition) is 2. The Morgan fingerprint density at radius 2 is 2.00 bits per heavy atom. The molecular formula is C9H13N3O. The van der Waals surface area contributed by atoms with Crippen LogP contribution in [0, 0.1) is 0 Å². The number of rotatable bonds is 3. The fourth-order valence-corrected chi connectivity index (χ4v) is 0.963. The van der Waals surface area contributed by atoms with Crippen LogP contribution in [-0.4, -0.2) is 12.4 Å². The van der Waals surface area contributed by atoms with Gasteiger partial charge in [0.25, 0.3) is 0 Å². The van der Waals surface area contributed by atoms with Gasteiger partial charge in [0.2, 0.25) is 0 Å². The van der Waals surface area contributed by atoms with Gasteiger partial charge in [-0.2, -0.15) is 5.10 Å². The molecule has 70 valence electrons. The molecule has 0 unspecified atom stereocenters. The fraction of sp³-hybridized carbons (Fsp3) is 0.222. The van der Waals surface area contributed by atoms with Gasteiger partial charge >= 0.3 is 0 Å². The summed E-state index contributed by atoms with van der Waals surface area (Å²) in [6.07, 6.45) is 0. The smallest absolute Gasteiger partial charge is 0.150 e. The minimum Gasteiger partial charge on any atom is -0.494 e. The van der Waals surface area contributed by atoms with Crippen molar-refractivity contribution in [1.29, 1.82) is 0 Å². The molecule has 0 fully saturated rings. The standard InChI is InChI=1S/C9H13N3O/c1-2-13-8-5-3-7(4-6-8)9(10)12-11/h3-6H,2,11H2,1H3,(H2,10,12). The van der Waals surface area contributed by atoms with E-state index in [4.69, 9.17) is 16.3 Å². The molecule has 0 aliphatic heterocycles. The minimum atomic E-state index is 0.322. The third-order valence-corrected chi connectivity index (χ3v) is 1.60. The number of ether oxygens (including phenoxy) is 1. The normalized spacial score (nSPS) is 11.3. The quantitative estimate of drug-likeness (QED) is 0.310. The van der Waals surface area contributed by atoms with Crippen molar-refractivity contribution < 1.29 is 4.74 Å². The summed E-state index contributed by atoms with van der Waals surface area (Å²) in [6, 6.07) is 7.29. The van der Waals surface area contributed by atoms with Crippen LogP contribution in [0.5, 0.6) is 5.75 Å². The van der Waals surface area contributed by atoms with Crippen LogP contribution in [-0.2, 0) is 0 Å². The molecule has 0 bridgehead atoms. The summed E-state index contributed by atoms with van der Waals surface area (Å²) in [6.45, 7) is 2.59. The van der Waals surface area contributed by atoms with Crippen LogP contribution < -0.4 is 16.3 Å². The zero-order chi connectivity index (χ0) is 9.68. The first-order valence-corrected chi connectivity index (χ1v) is 4.04. The van der Waals surface area contributed by atoms with Crippen LogP contribution in [0.25, 0.3) is 0 Å². The molecule has 0 saturated heterocycles. The van der Waals surface area contributed by atoms with Crippen LogP contribution in [0.15, 0.2) is 29.4 Å². The van der Waals surface area contributed by atoms with Crippen molar-refractivity contribution in [3.63, 3.8) is 0 Å². The molecule has 0 amide bonds. The summed E-state index contributed by atoms with van der Waals surface area (Å²) in [5.74, 6) is 6.17. The van der Waals surface area contributed by atoms with Crippen LogP contribution in [0.3, 0.4) is 0 Å². The number of hydrogen-bond acceptors (Lipinski definition) is 3. The highest BCUT2D eigenvalue weighted by Gasteiger charge is 1.97. The van der Waals surface area contributed by atoms with Crippen molar-refractivity contribution in [2.24, 2.45) is 16.7 Å². The molecule has 0 atom stereocenters. The number of nitrogens with zero attached hydrogens (tertiary/aromatic N) is 1. The lowest BCUT2D eigenvalue weighted by Crippen LogP contribution is -2.15. The van der Waals surface area contributed by atoms with E-state index in [9.17, 15) is 0 Å². The van der Waals surface area contributed by atoms with Gasteiger partial charge in [-0.1, -0.05) is 0 Å². The number of nitrogens with two attached hydrogens (primary N) is 2. The molecule has 0 heterocycles. The van der Waals surface area contributed by atoms with Gasteiger partial charge in [0.1, 0.15) is 11.6 Å². The maximum absolute atomic E-state index is 5.50. The van der Waals surface area contributed by atoms with Crippen LogP contribution in [0.4, 0.5) is 0 Å². The largest absolute Gasteiger partial charge is 0.494 e. The molecule has 0 saturated carbocycles. The molecular weight excluding hydrogens is 166 g/mol. The second-order valence-electron chi connectivity index (χ2n) is 2.47. The third-order valence-electron chi connectivity index (χ3n) is 1.60. The second kappa shape index (κ2) is 4.35. The van der Waals surface area contributed by atoms with Crippen molar-refractivity contribution in [2.75, 3.05) is 6.61 Å². The van der Waals surface area contributed by atoms with Gasteiger partial charge in [-0.15, -0.1) is 0 Å². The summed E-state index contributed by atoms with van der Waals surface area (Å²) in [5.41, 5.74) is 6.30. The zero-order valence-electron chi connectivity index (χ0n) is 7.53. The van der Waals surface area contributed by atoms with E-state index in [0.29, 0.717) is 12.4 Å². The molecule has 4 nitrogen and oxygen atoms in total. The molecule has 4 heteroatoms. The lowest BCUT2D eigenvalue weighted by atomic mass is 10.2. The van der Waals surface area contributed by atoms with Crippen molar-refractivity contribution in [3.8, 4) is 5.75 Å². The molecule has 0 aromatic heterocycles. The van der Waals surface area contributed by atoms with Crippen LogP contribution in [0.2, 0.25) is 0 Å². The SMILES string of the molecule is CCOc1ccc(C(N)=NN)cc1. The molecule has 0 radical (unpaired) electrons. The number of hydrazone groups is 1. The predicted molar refractivity (Wildman–Crippen MR) is 52.5 cm³/mol. The van der Waals surface area contributed by atoms with E-state index < -0.39 is 0 Å². The van der Waals surface area contributed by atoms with Gasteiger partial charge < -0.3 is 16.3 Å². The maximum Gasteiger partial charge on any atom is 0.150 e. The molecule has 13 heavy (non-hydrogen) atoms. The van der Waals surface area contributed by atoms with Gasteiger partial charge in [-0.05, 0) is 31.2 Å². The molecule has 1 aromatic rings. The molecule has 0 aliphatic rings. The molecule has 1 rings (SSSR count). The van der Waals surface area contributed by atoms with Crippen molar-refractivity contribution in [2.45, 2.75) is 6.92 Å². The molecule has 0 aliphatic carbocycles. The van der Waals surface area contributed by atoms with E-state index >= 15 is 0 Å². The van der Waals surface area contributed by atoms with E-state index in [1.807, 2.05) is 31.2 Å². The average molecular weight is 179 g/mol. The summed E-state index contributed by atoms with van der Waals surface area (Å²) in [7, 11) is 0. The Kier molecular flexibility index (Phi) is 3.14. The number of amidine groups is 1. The Balaban J connectivity index is 2.81. The summed E-state index contributed by atoms with van der Waals surface area (Å²) < 4.78 is 5.26. The monoisotopic (exact) mass is 179 g/mol. The van der Waals surface area contributed by atoms with Crippen molar-refractivity contribution in [1.82, 2.24) is 0 Å². The highest BCUT2D eigenvalue weighted by molar-refractivity contribution is 5.97. The molecule has 0 spiro atoms. The van der Waals surface area contributed by atoms with E-state index in [1.54, 1.807) is 0 Å². The Bertz CT molecular complexity index is 292. The van der Waals surface area contributed by atoms with E-state index in [1.165, 1.54) is 0 Å². The average Bonchev–Trinajstić information content (AvgIpc) is 2.18. The van der Waals surface area contributed by atoms with Crippen molar-refractivity contribution in [3.05, 3.63) is 29.8 Å². The minimum absolute atomic E-state index is 0.322. The van der Waals surface area contributed by atoms with E-state index in [0.717, 1.165) is 11.3 Å². The van der Waals surface area contributed by atoms with Gasteiger partial charge in [0.05, 0.1) is 6.61 Å². The predicted octanol–water partition coefficient (Wildman–Crippen LogP) is 0.664. The van der Waals surface area contributed by atoms with Crippen LogP contribution in [0.1, 0.15) is 12.5 Å². The van der Waals surface area contributed by atoms with Crippen molar-refractivity contribution >= 4 is 5.84 Å². The highest BCUT2D eigenvalue weighted by atomic mass is 16.5. The lowest BCUT2D eigenvalue weighted by molar-refractivity contribution is 0.340. The number of benzene rings is 1. The zero-order valence-corrected chi connectivity index (χ0v) is 7.53. The molecule has 1 aromatic carbocycles. The summed E-state index contributed by atoms with van der Waals surface area (Å²) >= 11 is 0. The van der Waals surface area contributed by atoms with Gasteiger partial charge in [0, 0.05) is 5.56 Å². The third kappa shape index (κ3) is 2.37. The van der Waals surface area contributed by atoms with E-state index in [2.05, 4.69) is 5.10 Å². The lowest BCUT2D eigenvalue weighted by Gasteiger charge is -2.03. The van der Waals surface area contributed by atoms with Gasteiger partial charge in [-0.3, -0.25) is 0 Å².